The molecule has 176 valence electrons. The highest BCUT2D eigenvalue weighted by molar-refractivity contribution is 5.90. The van der Waals surface area contributed by atoms with Crippen molar-refractivity contribution in [3.8, 4) is 0 Å². The Morgan fingerprint density at radius 2 is 1.09 bits per heavy atom. The molecule has 1 aliphatic rings. The van der Waals surface area contributed by atoms with Gasteiger partial charge in [0.2, 0.25) is 0 Å². The van der Waals surface area contributed by atoms with Crippen molar-refractivity contribution in [2.24, 2.45) is 0 Å². The predicted molar refractivity (Wildman–Crippen MR) is 114 cm³/mol. The monoisotopic (exact) mass is 458 g/mol. The zero-order chi connectivity index (χ0) is 24.0. The van der Waals surface area contributed by atoms with Crippen molar-refractivity contribution in [2.75, 3.05) is 0 Å². The van der Waals surface area contributed by atoms with Crippen LogP contribution in [0.25, 0.3) is 0 Å². The van der Waals surface area contributed by atoms with Crippen molar-refractivity contribution >= 4 is 17.9 Å². The molecule has 2 aromatic rings. The molecule has 0 bridgehead atoms. The van der Waals surface area contributed by atoms with Crippen LogP contribution >= 0.6 is 0 Å². The molecule has 0 spiro atoms. The van der Waals surface area contributed by atoms with Gasteiger partial charge in [-0.3, -0.25) is 4.79 Å². The standard InChI is InChI=1S/C24H26O9/c1-2-9-16(25)31-21-18(27)17(26)20(32-23(29)14-10-5-3-6-11-14)19(28)22(21)33-24(30)15-12-7-4-8-13-15/h3-8,10-13,17-22,26-28H,2,9H2,1H3/t17-,18-,19-,20+,21+,22+/m0/s1. The SMILES string of the molecule is CCCC(=O)O[C@@H]1[C@@H](O)[C@H](O)[C@@H](OC(=O)c2ccccc2)[C@H](O)[C@H]1OC(=O)c1ccccc1. The molecule has 0 heterocycles. The lowest BCUT2D eigenvalue weighted by atomic mass is 9.84. The fraction of sp³-hybridized carbons (Fsp3) is 0.375. The lowest BCUT2D eigenvalue weighted by molar-refractivity contribution is -0.233. The van der Waals surface area contributed by atoms with Gasteiger partial charge in [0, 0.05) is 6.42 Å². The molecular weight excluding hydrogens is 432 g/mol. The van der Waals surface area contributed by atoms with Crippen molar-refractivity contribution < 1.29 is 43.9 Å². The van der Waals surface area contributed by atoms with Crippen LogP contribution in [0.5, 0.6) is 0 Å². The van der Waals surface area contributed by atoms with Gasteiger partial charge in [-0.1, -0.05) is 43.3 Å². The quantitative estimate of drug-likeness (QED) is 0.413. The van der Waals surface area contributed by atoms with Crippen LogP contribution in [-0.4, -0.2) is 69.9 Å². The first kappa shape index (κ1) is 24.4. The van der Waals surface area contributed by atoms with Crippen molar-refractivity contribution in [2.45, 2.75) is 56.4 Å². The van der Waals surface area contributed by atoms with Crippen LogP contribution in [0, 0.1) is 0 Å². The zero-order valence-corrected chi connectivity index (χ0v) is 17.9. The van der Waals surface area contributed by atoms with E-state index in [4.69, 9.17) is 14.2 Å². The Labute approximate surface area is 190 Å². The first-order valence-electron chi connectivity index (χ1n) is 10.6. The topological polar surface area (TPSA) is 140 Å². The van der Waals surface area contributed by atoms with Gasteiger partial charge in [0.05, 0.1) is 11.1 Å². The summed E-state index contributed by atoms with van der Waals surface area (Å²) >= 11 is 0. The summed E-state index contributed by atoms with van der Waals surface area (Å²) in [5, 5.41) is 32.1. The fourth-order valence-electron chi connectivity index (χ4n) is 3.53. The van der Waals surface area contributed by atoms with Crippen LogP contribution in [0.15, 0.2) is 60.7 Å². The second-order valence-corrected chi connectivity index (χ2v) is 7.65. The molecule has 0 aliphatic heterocycles. The minimum Gasteiger partial charge on any atom is -0.455 e. The van der Waals surface area contributed by atoms with Gasteiger partial charge in [-0.25, -0.2) is 9.59 Å². The van der Waals surface area contributed by atoms with Gasteiger partial charge in [0.1, 0.15) is 18.3 Å². The van der Waals surface area contributed by atoms with Crippen LogP contribution in [0.2, 0.25) is 0 Å². The number of carbonyl (C=O) groups excluding carboxylic acids is 3. The molecule has 9 nitrogen and oxygen atoms in total. The maximum atomic E-state index is 12.6. The van der Waals surface area contributed by atoms with E-state index in [0.29, 0.717) is 6.42 Å². The molecule has 0 amide bonds. The Kier molecular flexibility index (Phi) is 8.16. The zero-order valence-electron chi connectivity index (χ0n) is 17.9. The number of hydrogen-bond donors (Lipinski definition) is 3. The molecule has 1 aliphatic carbocycles. The largest absolute Gasteiger partial charge is 0.455 e. The first-order valence-corrected chi connectivity index (χ1v) is 10.6. The Balaban J connectivity index is 1.86. The number of esters is 3. The van der Waals surface area contributed by atoms with Gasteiger partial charge in [-0.05, 0) is 30.7 Å². The summed E-state index contributed by atoms with van der Waals surface area (Å²) in [6, 6.07) is 15.7. The number of aliphatic hydroxyl groups is 3. The maximum absolute atomic E-state index is 12.6. The average molecular weight is 458 g/mol. The molecule has 1 saturated carbocycles. The Morgan fingerprint density at radius 3 is 1.58 bits per heavy atom. The van der Waals surface area contributed by atoms with Gasteiger partial charge in [-0.15, -0.1) is 0 Å². The lowest BCUT2D eigenvalue weighted by Gasteiger charge is -2.43. The summed E-state index contributed by atoms with van der Waals surface area (Å²) in [5.74, 6) is -2.42. The Hall–Kier alpha value is -3.27. The Bertz CT molecular complexity index is 947. The maximum Gasteiger partial charge on any atom is 0.338 e. The summed E-state index contributed by atoms with van der Waals surface area (Å²) in [6.45, 7) is 1.74. The number of benzene rings is 2. The van der Waals surface area contributed by atoms with E-state index in [-0.39, 0.29) is 17.5 Å². The number of carbonyl (C=O) groups is 3. The molecule has 6 atom stereocenters. The van der Waals surface area contributed by atoms with E-state index in [1.807, 2.05) is 0 Å². The van der Waals surface area contributed by atoms with E-state index in [1.165, 1.54) is 24.3 Å². The first-order chi connectivity index (χ1) is 15.8. The molecule has 0 unspecified atom stereocenters. The second-order valence-electron chi connectivity index (χ2n) is 7.65. The van der Waals surface area contributed by atoms with Gasteiger partial charge < -0.3 is 29.5 Å². The van der Waals surface area contributed by atoms with E-state index in [2.05, 4.69) is 0 Å². The molecule has 3 rings (SSSR count). The van der Waals surface area contributed by atoms with Crippen LogP contribution in [0.3, 0.4) is 0 Å². The molecule has 0 saturated heterocycles. The van der Waals surface area contributed by atoms with E-state index in [1.54, 1.807) is 43.3 Å². The van der Waals surface area contributed by atoms with Gasteiger partial charge in [-0.2, -0.15) is 0 Å². The molecule has 33 heavy (non-hydrogen) atoms. The highest BCUT2D eigenvalue weighted by Gasteiger charge is 2.55. The third-order valence-electron chi connectivity index (χ3n) is 5.25. The number of hydrogen-bond acceptors (Lipinski definition) is 9. The van der Waals surface area contributed by atoms with Gasteiger partial charge in [0.25, 0.3) is 0 Å². The molecule has 1 fully saturated rings. The van der Waals surface area contributed by atoms with Gasteiger partial charge >= 0.3 is 17.9 Å². The van der Waals surface area contributed by atoms with E-state index >= 15 is 0 Å². The van der Waals surface area contributed by atoms with Crippen LogP contribution in [0.1, 0.15) is 40.5 Å². The molecule has 9 heteroatoms. The minimum absolute atomic E-state index is 0.0151. The van der Waals surface area contributed by atoms with Gasteiger partial charge in [0.15, 0.2) is 18.3 Å². The Morgan fingerprint density at radius 1 is 0.667 bits per heavy atom. The third kappa shape index (κ3) is 5.75. The molecule has 3 N–H and O–H groups in total. The molecule has 2 aromatic carbocycles. The number of aliphatic hydroxyl groups excluding tert-OH is 3. The van der Waals surface area contributed by atoms with E-state index in [9.17, 15) is 29.7 Å². The average Bonchev–Trinajstić information content (AvgIpc) is 2.83. The van der Waals surface area contributed by atoms with Crippen LogP contribution in [-0.2, 0) is 19.0 Å². The smallest absolute Gasteiger partial charge is 0.338 e. The predicted octanol–water partition coefficient (Wildman–Crippen LogP) is 1.25. The summed E-state index contributed by atoms with van der Waals surface area (Å²) in [5.41, 5.74) is 0.308. The molecule has 0 aromatic heterocycles. The third-order valence-corrected chi connectivity index (χ3v) is 5.25. The van der Waals surface area contributed by atoms with E-state index in [0.717, 1.165) is 0 Å². The summed E-state index contributed by atoms with van der Waals surface area (Å²) in [4.78, 5) is 37.2. The van der Waals surface area contributed by atoms with Crippen molar-refractivity contribution in [1.29, 1.82) is 0 Å². The second kappa shape index (κ2) is 11.0. The molecule has 0 radical (unpaired) electrons. The fourth-order valence-corrected chi connectivity index (χ4v) is 3.53. The minimum atomic E-state index is -1.81. The summed E-state index contributed by atoms with van der Waals surface area (Å²) < 4.78 is 15.9. The summed E-state index contributed by atoms with van der Waals surface area (Å²) in [7, 11) is 0. The van der Waals surface area contributed by atoms with Crippen LogP contribution < -0.4 is 0 Å². The van der Waals surface area contributed by atoms with E-state index < -0.39 is 54.5 Å². The van der Waals surface area contributed by atoms with Crippen LogP contribution in [0.4, 0.5) is 0 Å². The van der Waals surface area contributed by atoms with Crippen molar-refractivity contribution in [1.82, 2.24) is 0 Å². The van der Waals surface area contributed by atoms with Crippen molar-refractivity contribution in [3.63, 3.8) is 0 Å². The number of ether oxygens (including phenoxy) is 3. The van der Waals surface area contributed by atoms with Crippen molar-refractivity contribution in [3.05, 3.63) is 71.8 Å². The summed E-state index contributed by atoms with van der Waals surface area (Å²) in [6.07, 6.45) is -9.75. The lowest BCUT2D eigenvalue weighted by Crippen LogP contribution is -2.66. The highest BCUT2D eigenvalue weighted by Crippen LogP contribution is 2.30. The normalized spacial score (nSPS) is 26.8. The molecular formula is C24H26O9. The highest BCUT2D eigenvalue weighted by atomic mass is 16.6. The number of rotatable bonds is 7.